The third-order valence-corrected chi connectivity index (χ3v) is 2.25. The van der Waals surface area contributed by atoms with Gasteiger partial charge in [0.2, 0.25) is 0 Å². The maximum absolute atomic E-state index is 7.45. The molecule has 0 aliphatic rings. The second-order valence-electron chi connectivity index (χ2n) is 3.24. The van der Waals surface area contributed by atoms with E-state index in [0.29, 0.717) is 11.4 Å². The van der Waals surface area contributed by atoms with Crippen molar-refractivity contribution < 1.29 is 0 Å². The van der Waals surface area contributed by atoms with Crippen LogP contribution in [0.3, 0.4) is 0 Å². The topological polar surface area (TPSA) is 74.8 Å². The Morgan fingerprint density at radius 3 is 2.80 bits per heavy atom. The summed E-state index contributed by atoms with van der Waals surface area (Å²) < 4.78 is 0. The highest BCUT2D eigenvalue weighted by atomic mass is 15.0. The Bertz CT molecular complexity index is 519. The van der Waals surface area contributed by atoms with Crippen molar-refractivity contribution in [3.63, 3.8) is 0 Å². The molecule has 0 atom stereocenters. The van der Waals surface area contributed by atoms with Gasteiger partial charge in [0.25, 0.3) is 0 Å². The smallest absolute Gasteiger partial charge is 0.137 e. The van der Waals surface area contributed by atoms with E-state index >= 15 is 0 Å². The summed E-state index contributed by atoms with van der Waals surface area (Å²) in [7, 11) is 1.77. The van der Waals surface area contributed by atoms with Crippen LogP contribution in [0.5, 0.6) is 0 Å². The number of nitrogens with one attached hydrogen (secondary N) is 2. The molecule has 0 aliphatic heterocycles. The molecule has 1 aromatic carbocycles. The molecular weight excluding hydrogens is 188 g/mol. The number of hydrogen-bond acceptors (Lipinski definition) is 3. The Kier molecular flexibility index (Phi) is 2.25. The first-order chi connectivity index (χ1) is 7.22. The molecule has 0 radical (unpaired) electrons. The molecule has 15 heavy (non-hydrogen) atoms. The molecule has 0 aliphatic carbocycles. The molecule has 0 amide bonds. The quantitative estimate of drug-likeness (QED) is 0.508. The molecule has 0 spiro atoms. The first kappa shape index (κ1) is 9.45. The number of amidine groups is 1. The van der Waals surface area contributed by atoms with E-state index in [2.05, 4.69) is 10.3 Å². The van der Waals surface area contributed by atoms with Gasteiger partial charge in [-0.05, 0) is 12.1 Å². The number of anilines is 1. The summed E-state index contributed by atoms with van der Waals surface area (Å²) in [6, 6.07) is 9.62. The Labute approximate surface area is 87.6 Å². The predicted octanol–water partition coefficient (Wildman–Crippen LogP) is 1.56. The van der Waals surface area contributed by atoms with Crippen molar-refractivity contribution in [2.24, 2.45) is 5.73 Å². The molecule has 0 fully saturated rings. The van der Waals surface area contributed by atoms with Crippen molar-refractivity contribution >= 4 is 22.6 Å². The van der Waals surface area contributed by atoms with Crippen molar-refractivity contribution in [2.45, 2.75) is 0 Å². The second-order valence-corrected chi connectivity index (χ2v) is 3.24. The summed E-state index contributed by atoms with van der Waals surface area (Å²) >= 11 is 0. The zero-order valence-corrected chi connectivity index (χ0v) is 8.41. The first-order valence-electron chi connectivity index (χ1n) is 4.64. The number of nitrogens with two attached hydrogens (primary N) is 1. The van der Waals surface area contributed by atoms with Gasteiger partial charge in [-0.25, -0.2) is 4.98 Å². The number of aromatic nitrogens is 1. The summed E-state index contributed by atoms with van der Waals surface area (Å²) in [6.07, 6.45) is 0. The summed E-state index contributed by atoms with van der Waals surface area (Å²) in [5, 5.41) is 11.4. The largest absolute Gasteiger partial charge is 0.384 e. The van der Waals surface area contributed by atoms with Crippen LogP contribution in [0, 0.1) is 5.41 Å². The fraction of sp³-hybridized carbons (Fsp3) is 0.0909. The summed E-state index contributed by atoms with van der Waals surface area (Å²) in [5.74, 6) is 0.666. The maximum atomic E-state index is 7.45. The number of para-hydroxylation sites is 1. The van der Waals surface area contributed by atoms with Gasteiger partial charge in [0.05, 0.1) is 11.1 Å². The number of rotatable bonds is 2. The van der Waals surface area contributed by atoms with E-state index in [1.807, 2.05) is 30.3 Å². The van der Waals surface area contributed by atoms with Crippen molar-refractivity contribution in [3.05, 3.63) is 35.9 Å². The van der Waals surface area contributed by atoms with Gasteiger partial charge >= 0.3 is 0 Å². The Morgan fingerprint density at radius 2 is 2.13 bits per heavy atom. The van der Waals surface area contributed by atoms with Crippen molar-refractivity contribution in [1.29, 1.82) is 5.41 Å². The van der Waals surface area contributed by atoms with Crippen molar-refractivity contribution in [2.75, 3.05) is 12.4 Å². The van der Waals surface area contributed by atoms with E-state index in [1.165, 1.54) is 0 Å². The Hall–Kier alpha value is -2.10. The van der Waals surface area contributed by atoms with Crippen LogP contribution in [0.1, 0.15) is 5.56 Å². The SMILES string of the molecule is CNc1nc2ccccc2cc1C(=N)N. The fourth-order valence-corrected chi connectivity index (χ4v) is 1.51. The van der Waals surface area contributed by atoms with Gasteiger partial charge in [-0.15, -0.1) is 0 Å². The lowest BCUT2D eigenvalue weighted by Crippen LogP contribution is -2.14. The van der Waals surface area contributed by atoms with Crippen LogP contribution >= 0.6 is 0 Å². The van der Waals surface area contributed by atoms with E-state index in [-0.39, 0.29) is 5.84 Å². The van der Waals surface area contributed by atoms with Crippen LogP contribution in [0.15, 0.2) is 30.3 Å². The normalized spacial score (nSPS) is 10.2. The highest BCUT2D eigenvalue weighted by Crippen LogP contribution is 2.19. The van der Waals surface area contributed by atoms with E-state index in [9.17, 15) is 0 Å². The highest BCUT2D eigenvalue weighted by molar-refractivity contribution is 6.02. The van der Waals surface area contributed by atoms with Crippen molar-refractivity contribution in [1.82, 2.24) is 4.98 Å². The number of benzene rings is 1. The minimum absolute atomic E-state index is 0.0256. The van der Waals surface area contributed by atoms with Gasteiger partial charge in [0.15, 0.2) is 0 Å². The highest BCUT2D eigenvalue weighted by Gasteiger charge is 2.07. The summed E-state index contributed by atoms with van der Waals surface area (Å²) in [6.45, 7) is 0. The van der Waals surface area contributed by atoms with Crippen LogP contribution < -0.4 is 11.1 Å². The van der Waals surface area contributed by atoms with E-state index in [1.54, 1.807) is 7.05 Å². The molecule has 0 bridgehead atoms. The van der Waals surface area contributed by atoms with Gasteiger partial charge in [0, 0.05) is 12.4 Å². The van der Waals surface area contributed by atoms with E-state index in [0.717, 1.165) is 10.9 Å². The average Bonchev–Trinajstić information content (AvgIpc) is 2.27. The van der Waals surface area contributed by atoms with Gasteiger partial charge in [-0.3, -0.25) is 5.41 Å². The lowest BCUT2D eigenvalue weighted by Gasteiger charge is -2.08. The lowest BCUT2D eigenvalue weighted by atomic mass is 10.1. The van der Waals surface area contributed by atoms with E-state index in [4.69, 9.17) is 11.1 Å². The molecular formula is C11H12N4. The monoisotopic (exact) mass is 200 g/mol. The molecule has 0 saturated carbocycles. The van der Waals surface area contributed by atoms with Gasteiger partial charge in [-0.2, -0.15) is 0 Å². The number of fused-ring (bicyclic) bond motifs is 1. The van der Waals surface area contributed by atoms with Crippen LogP contribution in [0.4, 0.5) is 5.82 Å². The lowest BCUT2D eigenvalue weighted by molar-refractivity contribution is 1.31. The number of nitrogen functional groups attached to an aromatic ring is 1. The van der Waals surface area contributed by atoms with E-state index < -0.39 is 0 Å². The average molecular weight is 200 g/mol. The van der Waals surface area contributed by atoms with Crippen LogP contribution in [0.25, 0.3) is 10.9 Å². The molecule has 2 rings (SSSR count). The fourth-order valence-electron chi connectivity index (χ4n) is 1.51. The number of nitrogens with zero attached hydrogens (tertiary/aromatic N) is 1. The molecule has 4 nitrogen and oxygen atoms in total. The Morgan fingerprint density at radius 1 is 1.40 bits per heavy atom. The maximum Gasteiger partial charge on any atom is 0.137 e. The van der Waals surface area contributed by atoms with Crippen LogP contribution in [0.2, 0.25) is 0 Å². The molecule has 1 heterocycles. The molecule has 76 valence electrons. The van der Waals surface area contributed by atoms with Gasteiger partial charge in [0.1, 0.15) is 11.7 Å². The molecule has 0 unspecified atom stereocenters. The van der Waals surface area contributed by atoms with Crippen molar-refractivity contribution in [3.8, 4) is 0 Å². The predicted molar refractivity (Wildman–Crippen MR) is 62.3 cm³/mol. The second kappa shape index (κ2) is 3.57. The zero-order valence-electron chi connectivity index (χ0n) is 8.41. The minimum atomic E-state index is 0.0256. The number of hydrogen-bond donors (Lipinski definition) is 3. The molecule has 2 aromatic rings. The summed E-state index contributed by atoms with van der Waals surface area (Å²) in [5.41, 5.74) is 7.02. The molecule has 4 heteroatoms. The standard InChI is InChI=1S/C11H12N4/c1-14-11-8(10(12)13)6-7-4-2-3-5-9(7)15-11/h2-6H,1H3,(H3,12,13)(H,14,15). The third kappa shape index (κ3) is 1.61. The number of pyridine rings is 1. The zero-order chi connectivity index (χ0) is 10.8. The van der Waals surface area contributed by atoms with Crippen LogP contribution in [-0.4, -0.2) is 17.9 Å². The van der Waals surface area contributed by atoms with Gasteiger partial charge in [-0.1, -0.05) is 18.2 Å². The van der Waals surface area contributed by atoms with Gasteiger partial charge < -0.3 is 11.1 Å². The Balaban J connectivity index is 2.74. The molecule has 0 saturated heterocycles. The van der Waals surface area contributed by atoms with Crippen LogP contribution in [-0.2, 0) is 0 Å². The molecule has 1 aromatic heterocycles. The third-order valence-electron chi connectivity index (χ3n) is 2.25. The minimum Gasteiger partial charge on any atom is -0.384 e. The summed E-state index contributed by atoms with van der Waals surface area (Å²) in [4.78, 5) is 4.38. The first-order valence-corrected chi connectivity index (χ1v) is 4.64. The molecule has 4 N–H and O–H groups in total.